The molecule has 1 aliphatic carbocycles. The fraction of sp³-hybridized carbons (Fsp3) is 0.360. The van der Waals surface area contributed by atoms with E-state index in [1.165, 1.54) is 16.7 Å². The van der Waals surface area contributed by atoms with Crippen LogP contribution in [-0.2, 0) is 16.1 Å². The number of nitrogens with zero attached hydrogens (tertiary/aromatic N) is 1. The topological polar surface area (TPSA) is 69.6 Å². The third-order valence-corrected chi connectivity index (χ3v) is 5.92. The van der Waals surface area contributed by atoms with Gasteiger partial charge in [-0.25, -0.2) is 0 Å². The standard InChI is InChI=1S/C25H28N2O3/c1-17(12-13-28)15-26-24(29)10-11-25(30)27-16-18-6-2-3-7-19(18)21-14-22(21)20-8-4-5-9-23(20)27/h2-9,17,28H,10-16H2,1H3,(H,26,29). The number of fused-ring (bicyclic) bond motifs is 4. The lowest BCUT2D eigenvalue weighted by Crippen LogP contribution is -2.34. The van der Waals surface area contributed by atoms with Crippen LogP contribution in [0.4, 0.5) is 5.69 Å². The van der Waals surface area contributed by atoms with Gasteiger partial charge in [-0.15, -0.1) is 0 Å². The number of anilines is 1. The number of carbonyl (C=O) groups excluding carboxylic acids is 2. The van der Waals surface area contributed by atoms with Gasteiger partial charge in [0, 0.05) is 31.6 Å². The monoisotopic (exact) mass is 404 g/mol. The van der Waals surface area contributed by atoms with Gasteiger partial charge in [0.05, 0.1) is 12.2 Å². The minimum Gasteiger partial charge on any atom is -0.396 e. The SMILES string of the molecule is CC(CCO)CNC(=O)CCC(=O)N1Cc2ccccc2C2=C(C2)c2ccccc21. The maximum Gasteiger partial charge on any atom is 0.227 e. The molecular weight excluding hydrogens is 376 g/mol. The van der Waals surface area contributed by atoms with Crippen molar-refractivity contribution in [1.82, 2.24) is 5.32 Å². The number of nitrogens with one attached hydrogen (secondary N) is 1. The Bertz CT molecular complexity index is 995. The molecule has 0 spiro atoms. The van der Waals surface area contributed by atoms with E-state index in [0.717, 1.165) is 23.2 Å². The molecule has 30 heavy (non-hydrogen) atoms. The van der Waals surface area contributed by atoms with Gasteiger partial charge in [0.1, 0.15) is 0 Å². The van der Waals surface area contributed by atoms with Crippen molar-refractivity contribution in [2.24, 2.45) is 5.92 Å². The summed E-state index contributed by atoms with van der Waals surface area (Å²) in [5.41, 5.74) is 7.12. The zero-order valence-corrected chi connectivity index (χ0v) is 17.4. The molecule has 2 aromatic carbocycles. The summed E-state index contributed by atoms with van der Waals surface area (Å²) in [7, 11) is 0. The van der Waals surface area contributed by atoms with E-state index in [2.05, 4.69) is 23.5 Å². The van der Waals surface area contributed by atoms with Crippen LogP contribution in [0.15, 0.2) is 48.5 Å². The van der Waals surface area contributed by atoms with Gasteiger partial charge in [0.15, 0.2) is 0 Å². The number of para-hydroxylation sites is 1. The summed E-state index contributed by atoms with van der Waals surface area (Å²) < 4.78 is 0. The predicted molar refractivity (Wildman–Crippen MR) is 119 cm³/mol. The highest BCUT2D eigenvalue weighted by molar-refractivity contribution is 6.13. The Balaban J connectivity index is 1.49. The van der Waals surface area contributed by atoms with Crippen LogP contribution in [0.3, 0.4) is 0 Å². The highest BCUT2D eigenvalue weighted by Crippen LogP contribution is 2.52. The molecule has 2 aliphatic rings. The van der Waals surface area contributed by atoms with Crippen LogP contribution in [-0.4, -0.2) is 30.1 Å². The third kappa shape index (κ3) is 4.31. The minimum atomic E-state index is -0.124. The lowest BCUT2D eigenvalue weighted by Gasteiger charge is -2.27. The molecule has 2 N–H and O–H groups in total. The molecule has 1 heterocycles. The first-order valence-electron chi connectivity index (χ1n) is 10.7. The number of rotatable bonds is 7. The molecule has 0 saturated heterocycles. The molecule has 0 radical (unpaired) electrons. The average molecular weight is 405 g/mol. The minimum absolute atomic E-state index is 0.0412. The fourth-order valence-electron chi connectivity index (χ4n) is 4.10. The quantitative estimate of drug-likeness (QED) is 0.738. The van der Waals surface area contributed by atoms with E-state index < -0.39 is 0 Å². The Labute approximate surface area is 177 Å². The number of allylic oxidation sites excluding steroid dienone is 2. The molecule has 1 unspecified atom stereocenters. The van der Waals surface area contributed by atoms with Gasteiger partial charge in [-0.3, -0.25) is 9.59 Å². The maximum atomic E-state index is 13.2. The van der Waals surface area contributed by atoms with E-state index in [9.17, 15) is 9.59 Å². The van der Waals surface area contributed by atoms with Crippen LogP contribution < -0.4 is 10.2 Å². The van der Waals surface area contributed by atoms with Gasteiger partial charge in [-0.1, -0.05) is 49.4 Å². The second-order valence-corrected chi connectivity index (χ2v) is 8.21. The van der Waals surface area contributed by atoms with Crippen LogP contribution >= 0.6 is 0 Å². The van der Waals surface area contributed by atoms with Gasteiger partial charge >= 0.3 is 0 Å². The lowest BCUT2D eigenvalue weighted by atomic mass is 10.0. The summed E-state index contributed by atoms with van der Waals surface area (Å²) in [6.07, 6.45) is 1.95. The molecule has 0 saturated carbocycles. The highest BCUT2D eigenvalue weighted by atomic mass is 16.3. The Morgan fingerprint density at radius 2 is 1.73 bits per heavy atom. The van der Waals surface area contributed by atoms with Crippen molar-refractivity contribution in [2.75, 3.05) is 18.1 Å². The van der Waals surface area contributed by atoms with Gasteiger partial charge in [-0.2, -0.15) is 0 Å². The highest BCUT2D eigenvalue weighted by Gasteiger charge is 2.33. The summed E-state index contributed by atoms with van der Waals surface area (Å²) >= 11 is 0. The van der Waals surface area contributed by atoms with Crippen molar-refractivity contribution < 1.29 is 14.7 Å². The molecule has 5 heteroatoms. The molecular formula is C25H28N2O3. The summed E-state index contributed by atoms with van der Waals surface area (Å²) in [6, 6.07) is 16.3. The van der Waals surface area contributed by atoms with E-state index in [1.54, 1.807) is 0 Å². The number of amides is 2. The summed E-state index contributed by atoms with van der Waals surface area (Å²) in [5, 5.41) is 11.8. The van der Waals surface area contributed by atoms with Crippen molar-refractivity contribution in [3.63, 3.8) is 0 Å². The molecule has 2 aromatic rings. The number of hydrogen-bond acceptors (Lipinski definition) is 3. The van der Waals surface area contributed by atoms with Crippen molar-refractivity contribution in [3.05, 3.63) is 65.2 Å². The number of aliphatic hydroxyl groups is 1. The molecule has 1 atom stereocenters. The van der Waals surface area contributed by atoms with E-state index in [-0.39, 0.29) is 37.2 Å². The van der Waals surface area contributed by atoms with Crippen molar-refractivity contribution in [1.29, 1.82) is 0 Å². The third-order valence-electron chi connectivity index (χ3n) is 5.92. The van der Waals surface area contributed by atoms with Crippen molar-refractivity contribution in [3.8, 4) is 0 Å². The molecule has 0 aromatic heterocycles. The normalized spacial score (nSPS) is 15.3. The molecule has 4 rings (SSSR count). The fourth-order valence-corrected chi connectivity index (χ4v) is 4.10. The lowest BCUT2D eigenvalue weighted by molar-refractivity contribution is -0.125. The van der Waals surface area contributed by atoms with E-state index in [0.29, 0.717) is 19.5 Å². The molecule has 2 amide bonds. The predicted octanol–water partition coefficient (Wildman–Crippen LogP) is 3.76. The molecule has 5 nitrogen and oxygen atoms in total. The van der Waals surface area contributed by atoms with Gasteiger partial charge in [-0.05, 0) is 47.1 Å². The molecule has 0 fully saturated rings. The Kier molecular flexibility index (Phi) is 6.00. The number of carbonyl (C=O) groups is 2. The Morgan fingerprint density at radius 3 is 2.53 bits per heavy atom. The van der Waals surface area contributed by atoms with E-state index in [4.69, 9.17) is 5.11 Å². The van der Waals surface area contributed by atoms with Crippen LogP contribution in [0.1, 0.15) is 49.3 Å². The largest absolute Gasteiger partial charge is 0.396 e. The molecule has 0 bridgehead atoms. The molecule has 156 valence electrons. The average Bonchev–Trinajstić information content (AvgIpc) is 3.54. The second kappa shape index (κ2) is 8.84. The smallest absolute Gasteiger partial charge is 0.227 e. The van der Waals surface area contributed by atoms with Crippen LogP contribution in [0.2, 0.25) is 0 Å². The van der Waals surface area contributed by atoms with Crippen molar-refractivity contribution >= 4 is 28.6 Å². The zero-order chi connectivity index (χ0) is 21.1. The van der Waals surface area contributed by atoms with Crippen molar-refractivity contribution in [2.45, 2.75) is 39.2 Å². The summed E-state index contributed by atoms with van der Waals surface area (Å²) in [6.45, 7) is 3.13. The zero-order valence-electron chi connectivity index (χ0n) is 17.4. The number of hydrogen-bond donors (Lipinski definition) is 2. The maximum absolute atomic E-state index is 13.2. The van der Waals surface area contributed by atoms with Crippen LogP contribution in [0, 0.1) is 5.92 Å². The first-order valence-corrected chi connectivity index (χ1v) is 10.7. The van der Waals surface area contributed by atoms with E-state index >= 15 is 0 Å². The van der Waals surface area contributed by atoms with Crippen LogP contribution in [0.25, 0.3) is 11.1 Å². The Morgan fingerprint density at radius 1 is 1.03 bits per heavy atom. The summed E-state index contributed by atoms with van der Waals surface area (Å²) in [4.78, 5) is 27.2. The van der Waals surface area contributed by atoms with E-state index in [1.807, 2.05) is 42.2 Å². The summed E-state index contributed by atoms with van der Waals surface area (Å²) in [5.74, 6) is 0.0509. The second-order valence-electron chi connectivity index (χ2n) is 8.21. The first kappa shape index (κ1) is 20.4. The number of aliphatic hydroxyl groups excluding tert-OH is 1. The Hall–Kier alpha value is -2.92. The van der Waals surface area contributed by atoms with Gasteiger partial charge in [0.25, 0.3) is 0 Å². The first-order chi connectivity index (χ1) is 14.6. The molecule has 1 aliphatic heterocycles. The van der Waals surface area contributed by atoms with Gasteiger partial charge in [0.2, 0.25) is 11.8 Å². The number of benzene rings is 2. The van der Waals surface area contributed by atoms with Crippen LogP contribution in [0.5, 0.6) is 0 Å². The van der Waals surface area contributed by atoms with Gasteiger partial charge < -0.3 is 15.3 Å².